The van der Waals surface area contributed by atoms with E-state index in [1.54, 1.807) is 123 Å². The van der Waals surface area contributed by atoms with Gasteiger partial charge in [-0.05, 0) is 88.5 Å². The van der Waals surface area contributed by atoms with E-state index in [1.807, 2.05) is 0 Å². The van der Waals surface area contributed by atoms with Crippen LogP contribution in [0.5, 0.6) is 0 Å². The van der Waals surface area contributed by atoms with Gasteiger partial charge < -0.3 is 57.9 Å². The van der Waals surface area contributed by atoms with Crippen molar-refractivity contribution in [3.05, 3.63) is 82.9 Å². The minimum absolute atomic E-state index is 0.139. The zero-order chi connectivity index (χ0) is 54.1. The highest BCUT2D eigenvalue weighted by atomic mass is 28.4. The Labute approximate surface area is 431 Å². The predicted octanol–water partition coefficient (Wildman–Crippen LogP) is 8.06. The van der Waals surface area contributed by atoms with Gasteiger partial charge in [-0.1, -0.05) is 90.1 Å². The van der Waals surface area contributed by atoms with Gasteiger partial charge in [0.25, 0.3) is 0 Å². The molecule has 3 fully saturated rings. The van der Waals surface area contributed by atoms with Crippen molar-refractivity contribution in [2.24, 2.45) is 16.7 Å². The summed E-state index contributed by atoms with van der Waals surface area (Å²) in [5.41, 5.74) is -6.98. The number of rotatable bonds is 18. The molecule has 4 aliphatic rings. The lowest BCUT2D eigenvalue weighted by Gasteiger charge is -2.70. The molecule has 13 atom stereocenters. The maximum Gasteiger partial charge on any atom is 0.408 e. The second-order valence-electron chi connectivity index (χ2n) is 21.8. The molecule has 1 saturated heterocycles. The molecule has 18 heteroatoms. The Morgan fingerprint density at radius 1 is 0.877 bits per heavy atom. The first-order valence-electron chi connectivity index (χ1n) is 25.7. The second kappa shape index (κ2) is 22.3. The summed E-state index contributed by atoms with van der Waals surface area (Å²) in [5.74, 6) is -4.61. The van der Waals surface area contributed by atoms with Crippen LogP contribution in [0, 0.1) is 16.7 Å². The number of alkyl carbamates (subject to hydrolysis) is 1. The lowest BCUT2D eigenvalue weighted by atomic mass is 9.44. The topological polar surface area (TPSA) is 221 Å². The van der Waals surface area contributed by atoms with Gasteiger partial charge in [0.15, 0.2) is 32.4 Å². The number of aliphatic hydroxyl groups excluding tert-OH is 1. The normalized spacial score (nSPS) is 30.8. The van der Waals surface area contributed by atoms with Crippen molar-refractivity contribution >= 4 is 38.3 Å². The molecule has 404 valence electrons. The molecule has 0 aromatic heterocycles. The van der Waals surface area contributed by atoms with Crippen LogP contribution in [0.15, 0.2) is 71.8 Å². The summed E-state index contributed by atoms with van der Waals surface area (Å²) in [4.78, 5) is 70.8. The van der Waals surface area contributed by atoms with Gasteiger partial charge in [-0.2, -0.15) is 0 Å². The number of amides is 1. The van der Waals surface area contributed by atoms with Crippen molar-refractivity contribution < 1.29 is 76.5 Å². The van der Waals surface area contributed by atoms with Crippen LogP contribution in [0.3, 0.4) is 0 Å². The van der Waals surface area contributed by atoms with Crippen molar-refractivity contribution in [1.29, 1.82) is 0 Å². The standard InChI is InChI=1S/C55H79NO16Si/c1-15-64-35(8)67-44(42(36-25-21-19-22-26-36)56-50(62)71-51(9,10)11)49(61)68-38-30-55(63)47(69-48(60)37-27-23-20-24-28-37)45-53(14,46(59)43(66-33(6)57)41(32(38)5)52(55,12)13)39(72-73(16-2,17-3)18-4)29-40-54(45,31-65-40)70-34(7)58/h19-28,35,38-40,42-47,59,63H,15-18,29-31H2,1-14H3,(H,56,62)/t35?,38-,39-,40+,42-,43+,44+,45-,46-,47-,53+,54-,55+/m0/s1. The van der Waals surface area contributed by atoms with E-state index in [-0.39, 0.29) is 30.8 Å². The monoisotopic (exact) mass is 1040 g/mol. The van der Waals surface area contributed by atoms with Crippen LogP contribution >= 0.6 is 0 Å². The number of nitrogens with one attached hydrogen (secondary N) is 1. The number of carbonyl (C=O) groups excluding carboxylic acids is 5. The summed E-state index contributed by atoms with van der Waals surface area (Å²) in [5, 5.41) is 30.8. The molecule has 1 aliphatic heterocycles. The minimum Gasteiger partial charge on any atom is -0.456 e. The summed E-state index contributed by atoms with van der Waals surface area (Å²) in [7, 11) is -2.61. The van der Waals surface area contributed by atoms with E-state index in [0.29, 0.717) is 29.3 Å². The molecule has 17 nitrogen and oxygen atoms in total. The summed E-state index contributed by atoms with van der Waals surface area (Å²) >= 11 is 0. The Bertz CT molecular complexity index is 2330. The van der Waals surface area contributed by atoms with Crippen LogP contribution in [-0.4, -0.2) is 128 Å². The van der Waals surface area contributed by atoms with Gasteiger partial charge in [-0.25, -0.2) is 14.4 Å². The van der Waals surface area contributed by atoms with Crippen molar-refractivity contribution in [3.8, 4) is 0 Å². The van der Waals surface area contributed by atoms with Crippen LogP contribution in [0.25, 0.3) is 0 Å². The van der Waals surface area contributed by atoms with Crippen LogP contribution in [0.1, 0.15) is 132 Å². The lowest BCUT2D eigenvalue weighted by Crippen LogP contribution is -2.83. The fourth-order valence-corrected chi connectivity index (χ4v) is 15.1. The average Bonchev–Trinajstić information content (AvgIpc) is 3.32. The maximum atomic E-state index is 15.3. The number of fused-ring (bicyclic) bond motifs is 5. The van der Waals surface area contributed by atoms with E-state index < -0.39 is 133 Å². The summed E-state index contributed by atoms with van der Waals surface area (Å²) < 4.78 is 57.6. The molecule has 1 heterocycles. The van der Waals surface area contributed by atoms with E-state index >= 15 is 4.79 Å². The van der Waals surface area contributed by atoms with E-state index in [2.05, 4.69) is 26.1 Å². The molecular weight excluding hydrogens is 959 g/mol. The Hall–Kier alpha value is -4.69. The molecule has 3 N–H and O–H groups in total. The molecule has 2 saturated carbocycles. The van der Waals surface area contributed by atoms with Crippen LogP contribution in [0.2, 0.25) is 18.1 Å². The van der Waals surface area contributed by atoms with Gasteiger partial charge in [0.05, 0.1) is 30.2 Å². The van der Waals surface area contributed by atoms with Crippen molar-refractivity contribution in [2.45, 2.75) is 200 Å². The summed E-state index contributed by atoms with van der Waals surface area (Å²) in [6.07, 6.45) is -11.9. The second-order valence-corrected chi connectivity index (χ2v) is 26.6. The highest BCUT2D eigenvalue weighted by Crippen LogP contribution is 2.66. The molecule has 3 aliphatic carbocycles. The quantitative estimate of drug-likeness (QED) is 0.0422. The molecule has 2 bridgehead atoms. The third-order valence-corrected chi connectivity index (χ3v) is 20.7. The highest BCUT2D eigenvalue weighted by molar-refractivity contribution is 6.73. The molecule has 1 unspecified atom stereocenters. The zero-order valence-corrected chi connectivity index (χ0v) is 46.1. The first-order chi connectivity index (χ1) is 34.2. The number of hydrogen-bond donors (Lipinski definition) is 3. The molecule has 0 spiro atoms. The number of aliphatic hydroxyl groups is 2. The first-order valence-corrected chi connectivity index (χ1v) is 28.3. The van der Waals surface area contributed by atoms with Gasteiger partial charge in [0.2, 0.25) is 0 Å². The van der Waals surface area contributed by atoms with Gasteiger partial charge in [0.1, 0.15) is 35.6 Å². The number of hydrogen-bond acceptors (Lipinski definition) is 16. The first kappa shape index (κ1) is 57.6. The zero-order valence-electron chi connectivity index (χ0n) is 45.1. The minimum atomic E-state index is -2.61. The van der Waals surface area contributed by atoms with E-state index in [0.717, 1.165) is 0 Å². The Morgan fingerprint density at radius 2 is 1.48 bits per heavy atom. The molecule has 2 aromatic carbocycles. The third-order valence-electron chi connectivity index (χ3n) is 16.1. The fourth-order valence-electron chi connectivity index (χ4n) is 12.1. The smallest absolute Gasteiger partial charge is 0.408 e. The van der Waals surface area contributed by atoms with Crippen LogP contribution < -0.4 is 5.32 Å². The largest absolute Gasteiger partial charge is 0.456 e. The maximum absolute atomic E-state index is 15.3. The SMILES string of the molecule is CCOC(C)O[C@@H](C(=O)O[C@H]1C[C@@]2(O)[C@@H](OC(=O)c3ccccc3)[C@@H]3[C@]4(OC(C)=O)CO[C@@H]4C[C@H](O[Si](CC)(CC)CC)[C@@]3(C)[C@@H](O)[C@H](OC(C)=O)C(=C1C)C2(C)C)[C@@H](NC(=O)OC(C)(C)C)c1ccccc1. The predicted molar refractivity (Wildman–Crippen MR) is 270 cm³/mol. The Morgan fingerprint density at radius 3 is 2.00 bits per heavy atom. The average molecular weight is 1040 g/mol. The van der Waals surface area contributed by atoms with Crippen molar-refractivity contribution in [1.82, 2.24) is 5.32 Å². The van der Waals surface area contributed by atoms with Gasteiger partial charge in [-0.15, -0.1) is 0 Å². The number of esters is 4. The molecule has 6 rings (SSSR count). The molecule has 0 radical (unpaired) electrons. The Kier molecular flexibility index (Phi) is 17.6. The molecule has 73 heavy (non-hydrogen) atoms. The van der Waals surface area contributed by atoms with Crippen LogP contribution in [0.4, 0.5) is 4.79 Å². The number of ether oxygens (including phenoxy) is 8. The van der Waals surface area contributed by atoms with Crippen LogP contribution in [-0.2, 0) is 56.7 Å². The van der Waals surface area contributed by atoms with Gasteiger partial charge in [0, 0.05) is 44.1 Å². The third kappa shape index (κ3) is 11.2. The summed E-state index contributed by atoms with van der Waals surface area (Å²) in [6, 6.07) is 17.8. The van der Waals surface area contributed by atoms with E-state index in [4.69, 9.17) is 42.3 Å². The molecular formula is C55H79NO16Si. The highest BCUT2D eigenvalue weighted by Gasteiger charge is 2.78. The molecule has 1 amide bonds. The Balaban J connectivity index is 1.63. The van der Waals surface area contributed by atoms with Crippen molar-refractivity contribution in [3.63, 3.8) is 0 Å². The summed E-state index contributed by atoms with van der Waals surface area (Å²) in [6.45, 7) is 24.0. The van der Waals surface area contributed by atoms with Crippen molar-refractivity contribution in [2.75, 3.05) is 13.2 Å². The van der Waals surface area contributed by atoms with Gasteiger partial charge >= 0.3 is 30.0 Å². The number of carbonyl (C=O) groups is 5. The van der Waals surface area contributed by atoms with E-state index in [1.165, 1.54) is 13.8 Å². The van der Waals surface area contributed by atoms with E-state index in [9.17, 15) is 29.4 Å². The fraction of sp³-hybridized carbons (Fsp3) is 0.655. The van der Waals surface area contributed by atoms with Gasteiger partial charge in [-0.3, -0.25) is 9.59 Å². The lowest BCUT2D eigenvalue weighted by molar-refractivity contribution is -0.363. The molecule has 2 aromatic rings. The number of benzene rings is 2.